The smallest absolute Gasteiger partial charge is 0.317 e. The molecule has 0 atom stereocenters. The highest BCUT2D eigenvalue weighted by molar-refractivity contribution is 5.30. The molecule has 0 bridgehead atoms. The number of piperidine rings is 1. The highest BCUT2D eigenvalue weighted by Gasteiger charge is 2.40. The maximum Gasteiger partial charge on any atom is 0.422 e. The average Bonchev–Trinajstić information content (AvgIpc) is 2.35. The van der Waals surface area contributed by atoms with Crippen LogP contribution >= 0.6 is 0 Å². The first-order valence-corrected chi connectivity index (χ1v) is 6.25. The van der Waals surface area contributed by atoms with Gasteiger partial charge < -0.3 is 5.32 Å². The summed E-state index contributed by atoms with van der Waals surface area (Å²) in [7, 11) is 0. The molecule has 1 saturated heterocycles. The molecule has 1 aliphatic heterocycles. The summed E-state index contributed by atoms with van der Waals surface area (Å²) in [6, 6.07) is 0.462. The van der Waals surface area contributed by atoms with E-state index in [1.54, 1.807) is 0 Å². The lowest BCUT2D eigenvalue weighted by Gasteiger charge is -2.23. The van der Waals surface area contributed by atoms with Gasteiger partial charge >= 0.3 is 6.18 Å². The van der Waals surface area contributed by atoms with Crippen LogP contribution in [-0.2, 0) is 12.6 Å². The lowest BCUT2D eigenvalue weighted by atomic mass is 9.90. The molecule has 0 amide bonds. The molecule has 1 heterocycles. The minimum atomic E-state index is -5.25. The molecule has 1 N–H and O–H groups in total. The predicted octanol–water partition coefficient (Wildman–Crippen LogP) is 3.66. The van der Waals surface area contributed by atoms with E-state index in [0.29, 0.717) is 32.0 Å². The van der Waals surface area contributed by atoms with Crippen molar-refractivity contribution in [1.29, 1.82) is 0 Å². The van der Waals surface area contributed by atoms with E-state index >= 15 is 0 Å². The Morgan fingerprint density at radius 2 is 1.65 bits per heavy atom. The van der Waals surface area contributed by atoms with Gasteiger partial charge in [0.05, 0.1) is 0 Å². The SMILES string of the molecule is Fc1cc(CC2CCNCC2)c(F)c(F)c1C(F)(F)F. The third kappa shape index (κ3) is 3.08. The number of hydrogen-bond donors (Lipinski definition) is 1. The maximum atomic E-state index is 13.7. The summed E-state index contributed by atoms with van der Waals surface area (Å²) < 4.78 is 77.8. The highest BCUT2D eigenvalue weighted by atomic mass is 19.4. The Labute approximate surface area is 112 Å². The van der Waals surface area contributed by atoms with E-state index in [0.717, 1.165) is 0 Å². The Balaban J connectivity index is 2.31. The number of halogens is 6. The molecule has 1 aromatic carbocycles. The van der Waals surface area contributed by atoms with Crippen LogP contribution in [0.1, 0.15) is 24.0 Å². The molecule has 2 rings (SSSR count). The second-order valence-corrected chi connectivity index (χ2v) is 4.92. The van der Waals surface area contributed by atoms with E-state index in [9.17, 15) is 26.3 Å². The average molecular weight is 297 g/mol. The van der Waals surface area contributed by atoms with Crippen molar-refractivity contribution in [2.24, 2.45) is 5.92 Å². The van der Waals surface area contributed by atoms with Crippen molar-refractivity contribution in [2.45, 2.75) is 25.4 Å². The minimum absolute atomic E-state index is 0.0151. The molecule has 0 aliphatic carbocycles. The lowest BCUT2D eigenvalue weighted by Crippen LogP contribution is -2.29. The summed E-state index contributed by atoms with van der Waals surface area (Å²) in [6.07, 6.45) is -3.81. The van der Waals surface area contributed by atoms with Gasteiger partial charge in [0, 0.05) is 0 Å². The third-order valence-electron chi connectivity index (χ3n) is 3.48. The van der Waals surface area contributed by atoms with Crippen molar-refractivity contribution < 1.29 is 26.3 Å². The van der Waals surface area contributed by atoms with Gasteiger partial charge in [-0.3, -0.25) is 0 Å². The lowest BCUT2D eigenvalue weighted by molar-refractivity contribution is -0.142. The molecule has 0 saturated carbocycles. The molecular weight excluding hydrogens is 284 g/mol. The van der Waals surface area contributed by atoms with Crippen molar-refractivity contribution in [3.63, 3.8) is 0 Å². The summed E-state index contributed by atoms with van der Waals surface area (Å²) in [4.78, 5) is 0. The first kappa shape index (κ1) is 15.2. The van der Waals surface area contributed by atoms with E-state index in [4.69, 9.17) is 0 Å². The number of alkyl halides is 3. The molecule has 20 heavy (non-hydrogen) atoms. The first-order chi connectivity index (χ1) is 9.30. The zero-order valence-electron chi connectivity index (χ0n) is 10.5. The fourth-order valence-electron chi connectivity index (χ4n) is 2.45. The summed E-state index contributed by atoms with van der Waals surface area (Å²) in [6.45, 7) is 1.41. The Bertz CT molecular complexity index is 491. The van der Waals surface area contributed by atoms with Gasteiger partial charge in [-0.05, 0) is 49.9 Å². The van der Waals surface area contributed by atoms with Crippen LogP contribution < -0.4 is 5.32 Å². The van der Waals surface area contributed by atoms with E-state index in [1.807, 2.05) is 0 Å². The van der Waals surface area contributed by atoms with E-state index in [1.165, 1.54) is 0 Å². The molecule has 1 aliphatic rings. The van der Waals surface area contributed by atoms with Crippen molar-refractivity contribution in [3.8, 4) is 0 Å². The Morgan fingerprint density at radius 3 is 2.20 bits per heavy atom. The quantitative estimate of drug-likeness (QED) is 0.649. The van der Waals surface area contributed by atoms with Crippen LogP contribution in [0.4, 0.5) is 26.3 Å². The summed E-state index contributed by atoms with van der Waals surface area (Å²) >= 11 is 0. The highest BCUT2D eigenvalue weighted by Crippen LogP contribution is 2.36. The fourth-order valence-corrected chi connectivity index (χ4v) is 2.45. The molecule has 0 spiro atoms. The second kappa shape index (κ2) is 5.63. The van der Waals surface area contributed by atoms with Gasteiger partial charge in [0.1, 0.15) is 11.4 Å². The van der Waals surface area contributed by atoms with Gasteiger partial charge in [-0.15, -0.1) is 0 Å². The molecule has 1 aromatic rings. The fraction of sp³-hybridized carbons (Fsp3) is 0.538. The second-order valence-electron chi connectivity index (χ2n) is 4.92. The number of rotatable bonds is 2. The van der Waals surface area contributed by atoms with Gasteiger partial charge in [-0.1, -0.05) is 0 Å². The van der Waals surface area contributed by atoms with Gasteiger partial charge in [0.2, 0.25) is 0 Å². The molecule has 7 heteroatoms. The van der Waals surface area contributed by atoms with Gasteiger partial charge in [-0.2, -0.15) is 13.2 Å². The zero-order chi connectivity index (χ0) is 14.9. The minimum Gasteiger partial charge on any atom is -0.317 e. The zero-order valence-corrected chi connectivity index (χ0v) is 10.5. The molecule has 1 nitrogen and oxygen atoms in total. The van der Waals surface area contributed by atoms with Gasteiger partial charge in [0.25, 0.3) is 0 Å². The van der Waals surface area contributed by atoms with Crippen molar-refractivity contribution in [2.75, 3.05) is 13.1 Å². The topological polar surface area (TPSA) is 12.0 Å². The van der Waals surface area contributed by atoms with Crippen LogP contribution in [0.25, 0.3) is 0 Å². The van der Waals surface area contributed by atoms with Crippen LogP contribution in [0.5, 0.6) is 0 Å². The van der Waals surface area contributed by atoms with Crippen LogP contribution in [0.3, 0.4) is 0 Å². The first-order valence-electron chi connectivity index (χ1n) is 6.25. The molecule has 112 valence electrons. The van der Waals surface area contributed by atoms with E-state index in [-0.39, 0.29) is 17.9 Å². The van der Waals surface area contributed by atoms with Crippen LogP contribution in [-0.4, -0.2) is 13.1 Å². The van der Waals surface area contributed by atoms with Crippen molar-refractivity contribution in [1.82, 2.24) is 5.32 Å². The van der Waals surface area contributed by atoms with E-state index in [2.05, 4.69) is 5.32 Å². The summed E-state index contributed by atoms with van der Waals surface area (Å²) in [5.74, 6) is -5.50. The molecular formula is C13H13F6N. The van der Waals surface area contributed by atoms with Crippen molar-refractivity contribution in [3.05, 3.63) is 34.6 Å². The summed E-state index contributed by atoms with van der Waals surface area (Å²) in [5.41, 5.74) is -2.50. The largest absolute Gasteiger partial charge is 0.422 e. The predicted molar refractivity (Wildman–Crippen MR) is 60.6 cm³/mol. The third-order valence-corrected chi connectivity index (χ3v) is 3.48. The Morgan fingerprint density at radius 1 is 1.05 bits per heavy atom. The molecule has 0 radical (unpaired) electrons. The number of nitrogens with one attached hydrogen (secondary N) is 1. The standard InChI is InChI=1S/C13H13F6N/c14-9-6-8(5-7-1-3-20-4-2-7)11(15)12(16)10(9)13(17,18)19/h6-7,20H,1-5H2. The molecule has 1 fully saturated rings. The Hall–Kier alpha value is -1.24. The van der Waals surface area contributed by atoms with Gasteiger partial charge in [-0.25, -0.2) is 13.2 Å². The van der Waals surface area contributed by atoms with Crippen molar-refractivity contribution >= 4 is 0 Å². The maximum absolute atomic E-state index is 13.7. The molecule has 0 aromatic heterocycles. The van der Waals surface area contributed by atoms with Crippen LogP contribution in [0.2, 0.25) is 0 Å². The van der Waals surface area contributed by atoms with Crippen LogP contribution in [0.15, 0.2) is 6.07 Å². The molecule has 0 unspecified atom stereocenters. The van der Waals surface area contributed by atoms with Crippen LogP contribution in [0, 0.1) is 23.4 Å². The number of hydrogen-bond acceptors (Lipinski definition) is 1. The van der Waals surface area contributed by atoms with E-state index < -0.39 is 29.2 Å². The Kier molecular flexibility index (Phi) is 4.27. The van der Waals surface area contributed by atoms with Gasteiger partial charge in [0.15, 0.2) is 11.6 Å². The number of benzene rings is 1. The normalized spacial score (nSPS) is 17.5. The summed E-state index contributed by atoms with van der Waals surface area (Å²) in [5, 5.41) is 3.08. The monoisotopic (exact) mass is 297 g/mol.